The zero-order chi connectivity index (χ0) is 12.7. The van der Waals surface area contributed by atoms with Crippen LogP contribution in [0.1, 0.15) is 31.2 Å². The second-order valence-electron chi connectivity index (χ2n) is 5.73. The maximum Gasteiger partial charge on any atom is 0.227 e. The molecule has 0 aromatic heterocycles. The van der Waals surface area contributed by atoms with E-state index < -0.39 is 0 Å². The number of carbonyl (C=O) groups excluding carboxylic acids is 1. The van der Waals surface area contributed by atoms with E-state index >= 15 is 0 Å². The largest absolute Gasteiger partial charge is 0.326 e. The van der Waals surface area contributed by atoms with Gasteiger partial charge in [0.05, 0.1) is 0 Å². The fourth-order valence-corrected chi connectivity index (χ4v) is 4.21. The molecule has 1 N–H and O–H groups in total. The van der Waals surface area contributed by atoms with Gasteiger partial charge in [-0.15, -0.1) is 0 Å². The number of rotatable bonds is 2. The maximum atomic E-state index is 12.3. The number of aryl methyl sites for hydroxylation is 1. The molecule has 96 valence electrons. The van der Waals surface area contributed by atoms with E-state index in [-0.39, 0.29) is 11.8 Å². The average molecular weight is 355 g/mol. The van der Waals surface area contributed by atoms with Gasteiger partial charge < -0.3 is 5.32 Å². The summed E-state index contributed by atoms with van der Waals surface area (Å²) in [5.74, 6) is 1.98. The Morgan fingerprint density at radius 1 is 1.33 bits per heavy atom. The lowest BCUT2D eigenvalue weighted by molar-refractivity contribution is -0.121. The van der Waals surface area contributed by atoms with E-state index in [2.05, 4.69) is 40.9 Å². The first-order chi connectivity index (χ1) is 8.63. The fraction of sp³-hybridized carbons (Fsp3) is 0.533. The Balaban J connectivity index is 1.71. The lowest BCUT2D eigenvalue weighted by Gasteiger charge is -2.21. The summed E-state index contributed by atoms with van der Waals surface area (Å²) in [6, 6.07) is 6.17. The number of halogens is 1. The molecule has 0 radical (unpaired) electrons. The lowest BCUT2D eigenvalue weighted by atomic mass is 9.88. The van der Waals surface area contributed by atoms with Gasteiger partial charge in [-0.25, -0.2) is 0 Å². The molecule has 18 heavy (non-hydrogen) atoms. The first kappa shape index (κ1) is 12.5. The highest BCUT2D eigenvalue weighted by molar-refractivity contribution is 14.1. The van der Waals surface area contributed by atoms with Crippen LogP contribution in [0.15, 0.2) is 18.2 Å². The van der Waals surface area contributed by atoms with Crippen molar-refractivity contribution in [1.29, 1.82) is 0 Å². The van der Waals surface area contributed by atoms with E-state index in [1.807, 2.05) is 12.1 Å². The molecule has 1 aromatic carbocycles. The van der Waals surface area contributed by atoms with Crippen molar-refractivity contribution in [3.63, 3.8) is 0 Å². The number of hydrogen-bond acceptors (Lipinski definition) is 1. The number of fused-ring (bicyclic) bond motifs is 2. The summed E-state index contributed by atoms with van der Waals surface area (Å²) in [4.78, 5) is 12.3. The molecule has 0 unspecified atom stereocenters. The van der Waals surface area contributed by atoms with Gasteiger partial charge in [0.1, 0.15) is 0 Å². The molecule has 0 heterocycles. The smallest absolute Gasteiger partial charge is 0.227 e. The molecule has 3 rings (SSSR count). The summed E-state index contributed by atoms with van der Waals surface area (Å²) in [5, 5.41) is 3.12. The monoisotopic (exact) mass is 355 g/mol. The Hall–Kier alpha value is -0.580. The fourth-order valence-electron chi connectivity index (χ4n) is 3.56. The van der Waals surface area contributed by atoms with Gasteiger partial charge in [0.2, 0.25) is 5.91 Å². The number of nitrogens with one attached hydrogen (secondary N) is 1. The quantitative estimate of drug-likeness (QED) is 0.799. The van der Waals surface area contributed by atoms with Crippen LogP contribution >= 0.6 is 22.6 Å². The summed E-state index contributed by atoms with van der Waals surface area (Å²) in [6.07, 6.45) is 5.00. The Bertz CT molecular complexity index is 485. The Morgan fingerprint density at radius 2 is 2.17 bits per heavy atom. The summed E-state index contributed by atoms with van der Waals surface area (Å²) in [5.41, 5.74) is 2.13. The van der Waals surface area contributed by atoms with Crippen molar-refractivity contribution in [1.82, 2.24) is 0 Å². The maximum absolute atomic E-state index is 12.3. The third-order valence-corrected chi connectivity index (χ3v) is 5.19. The molecule has 3 atom stereocenters. The van der Waals surface area contributed by atoms with E-state index in [0.29, 0.717) is 5.92 Å². The van der Waals surface area contributed by atoms with Gasteiger partial charge >= 0.3 is 0 Å². The van der Waals surface area contributed by atoms with Crippen molar-refractivity contribution in [2.45, 2.75) is 32.6 Å². The second-order valence-corrected chi connectivity index (χ2v) is 6.98. The van der Waals surface area contributed by atoms with E-state index in [0.717, 1.165) is 23.6 Å². The highest BCUT2D eigenvalue weighted by Crippen LogP contribution is 2.48. The molecule has 0 aliphatic heterocycles. The van der Waals surface area contributed by atoms with Crippen LogP contribution in [0, 0.1) is 28.2 Å². The summed E-state index contributed by atoms with van der Waals surface area (Å²) < 4.78 is 1.21. The van der Waals surface area contributed by atoms with Crippen molar-refractivity contribution in [3.8, 4) is 0 Å². The molecule has 3 heteroatoms. The molecule has 2 nitrogen and oxygen atoms in total. The van der Waals surface area contributed by atoms with Crippen molar-refractivity contribution in [2.24, 2.45) is 17.8 Å². The zero-order valence-electron chi connectivity index (χ0n) is 10.6. The molecule has 2 bridgehead atoms. The predicted octanol–water partition coefficient (Wildman–Crippen LogP) is 3.97. The minimum Gasteiger partial charge on any atom is -0.326 e. The summed E-state index contributed by atoms with van der Waals surface area (Å²) in [7, 11) is 0. The molecule has 0 spiro atoms. The zero-order valence-corrected chi connectivity index (χ0v) is 12.7. The van der Waals surface area contributed by atoms with E-state index in [9.17, 15) is 4.79 Å². The molecular weight excluding hydrogens is 337 g/mol. The van der Waals surface area contributed by atoms with Crippen LogP contribution in [0.5, 0.6) is 0 Å². The van der Waals surface area contributed by atoms with Gasteiger partial charge in [-0.3, -0.25) is 4.79 Å². The number of anilines is 1. The topological polar surface area (TPSA) is 29.1 Å². The Kier molecular flexibility index (Phi) is 3.34. The van der Waals surface area contributed by atoms with Crippen LogP contribution in [-0.2, 0) is 4.79 Å². The Labute approximate surface area is 122 Å². The van der Waals surface area contributed by atoms with Crippen molar-refractivity contribution in [2.75, 3.05) is 5.32 Å². The predicted molar refractivity (Wildman–Crippen MR) is 81.5 cm³/mol. The van der Waals surface area contributed by atoms with Crippen molar-refractivity contribution < 1.29 is 4.79 Å². The van der Waals surface area contributed by atoms with Gasteiger partial charge in [-0.1, -0.05) is 6.42 Å². The Morgan fingerprint density at radius 3 is 2.78 bits per heavy atom. The lowest BCUT2D eigenvalue weighted by Crippen LogP contribution is -2.27. The molecular formula is C15H18INO. The summed E-state index contributed by atoms with van der Waals surface area (Å²) >= 11 is 2.30. The standard InChI is InChI=1S/C15H18INO/c1-9-6-12(16)4-5-14(9)17-15(18)13-8-10-2-3-11(13)7-10/h4-6,10-11,13H,2-3,7-8H2,1H3,(H,17,18)/t10-,11-,13-/m1/s1. The minimum absolute atomic E-state index is 0.242. The van der Waals surface area contributed by atoms with Crippen molar-refractivity contribution in [3.05, 3.63) is 27.3 Å². The number of carbonyl (C=O) groups is 1. The molecule has 1 amide bonds. The van der Waals surface area contributed by atoms with Crippen LogP contribution in [0.4, 0.5) is 5.69 Å². The second kappa shape index (κ2) is 4.83. The molecule has 1 aromatic rings. The summed E-state index contributed by atoms with van der Waals surface area (Å²) in [6.45, 7) is 2.05. The average Bonchev–Trinajstić information content (AvgIpc) is 2.94. The first-order valence-corrected chi connectivity index (χ1v) is 7.78. The molecule has 2 aliphatic rings. The molecule has 2 fully saturated rings. The SMILES string of the molecule is Cc1cc(I)ccc1NC(=O)[C@@H]1C[C@@H]2CC[C@@H]1C2. The normalized spacial score (nSPS) is 29.6. The third-order valence-electron chi connectivity index (χ3n) is 4.52. The highest BCUT2D eigenvalue weighted by Gasteiger charge is 2.43. The number of benzene rings is 1. The molecule has 2 saturated carbocycles. The van der Waals surface area contributed by atoms with Crippen LogP contribution in [0.2, 0.25) is 0 Å². The van der Waals surface area contributed by atoms with Crippen LogP contribution in [0.25, 0.3) is 0 Å². The number of hydrogen-bond donors (Lipinski definition) is 1. The first-order valence-electron chi connectivity index (χ1n) is 6.70. The van der Waals surface area contributed by atoms with Gasteiger partial charge in [0.25, 0.3) is 0 Å². The molecule has 0 saturated heterocycles. The van der Waals surface area contributed by atoms with E-state index in [1.165, 1.54) is 22.8 Å². The molecule has 2 aliphatic carbocycles. The van der Waals surface area contributed by atoms with Gasteiger partial charge in [-0.2, -0.15) is 0 Å². The van der Waals surface area contributed by atoms with Crippen LogP contribution in [-0.4, -0.2) is 5.91 Å². The third kappa shape index (κ3) is 2.29. The minimum atomic E-state index is 0.242. The highest BCUT2D eigenvalue weighted by atomic mass is 127. The van der Waals surface area contributed by atoms with Crippen molar-refractivity contribution >= 4 is 34.2 Å². The van der Waals surface area contributed by atoms with E-state index in [1.54, 1.807) is 0 Å². The van der Waals surface area contributed by atoms with Gasteiger partial charge in [0, 0.05) is 15.2 Å². The number of amides is 1. The van der Waals surface area contributed by atoms with E-state index in [4.69, 9.17) is 0 Å². The van der Waals surface area contributed by atoms with Gasteiger partial charge in [-0.05, 0) is 84.4 Å². The van der Waals surface area contributed by atoms with Gasteiger partial charge in [0.15, 0.2) is 0 Å². The van der Waals surface area contributed by atoms with Crippen LogP contribution < -0.4 is 5.32 Å². The van der Waals surface area contributed by atoms with Crippen LogP contribution in [0.3, 0.4) is 0 Å².